The number of nitrogens with zero attached hydrogens (tertiary/aromatic N) is 4. The van der Waals surface area contributed by atoms with Gasteiger partial charge >= 0.3 is 0 Å². The molecule has 2 aromatic rings. The van der Waals surface area contributed by atoms with Crippen LogP contribution >= 0.6 is 0 Å². The van der Waals surface area contributed by atoms with Gasteiger partial charge in [-0.2, -0.15) is 0 Å². The molecule has 2 saturated heterocycles. The molecule has 0 spiro atoms. The summed E-state index contributed by atoms with van der Waals surface area (Å²) in [5.74, 6) is 1.94. The molecule has 0 aliphatic carbocycles. The number of aryl methyl sites for hydroxylation is 2. The normalized spacial score (nSPS) is 22.4. The van der Waals surface area contributed by atoms with Crippen molar-refractivity contribution in [3.05, 3.63) is 54.1 Å². The van der Waals surface area contributed by atoms with Gasteiger partial charge in [-0.15, -0.1) is 0 Å². The van der Waals surface area contributed by atoms with Gasteiger partial charge < -0.3 is 24.3 Å². The van der Waals surface area contributed by atoms with E-state index in [0.29, 0.717) is 13.2 Å². The second kappa shape index (κ2) is 10.6. The van der Waals surface area contributed by atoms with Crippen LogP contribution in [0.1, 0.15) is 30.7 Å². The highest BCUT2D eigenvalue weighted by Gasteiger charge is 2.32. The highest BCUT2D eigenvalue weighted by Crippen LogP contribution is 2.21. The van der Waals surface area contributed by atoms with Crippen molar-refractivity contribution in [2.75, 3.05) is 33.4 Å². The molecule has 0 radical (unpaired) electrons. The van der Waals surface area contributed by atoms with Crippen molar-refractivity contribution in [3.63, 3.8) is 0 Å². The Labute approximate surface area is 179 Å². The van der Waals surface area contributed by atoms with Crippen molar-refractivity contribution >= 4 is 5.96 Å². The first-order chi connectivity index (χ1) is 14.8. The summed E-state index contributed by atoms with van der Waals surface area (Å²) < 4.78 is 14.0. The molecular formula is C23H33N5O2. The third-order valence-corrected chi connectivity index (χ3v) is 5.90. The number of aromatic nitrogens is 2. The fourth-order valence-corrected chi connectivity index (χ4v) is 4.29. The van der Waals surface area contributed by atoms with Crippen LogP contribution in [-0.2, 0) is 29.0 Å². The standard InChI is InChI=1S/C23H33N5O2/c1-24-23(28-14-16-30-21(18-28)20-10-6-15-29-20)26-17-22-25-11-13-27(22)12-5-9-19-7-3-2-4-8-19/h2-4,7-8,11,13,20-21H,5-6,9-10,12,14-18H2,1H3,(H,24,26). The lowest BCUT2D eigenvalue weighted by atomic mass is 10.1. The summed E-state index contributed by atoms with van der Waals surface area (Å²) in [7, 11) is 1.84. The molecule has 162 valence electrons. The molecule has 7 nitrogen and oxygen atoms in total. The predicted octanol–water partition coefficient (Wildman–Crippen LogP) is 2.47. The summed E-state index contributed by atoms with van der Waals surface area (Å²) in [6, 6.07) is 10.6. The lowest BCUT2D eigenvalue weighted by molar-refractivity contribution is -0.0817. The molecule has 2 fully saturated rings. The van der Waals surface area contributed by atoms with Gasteiger partial charge in [-0.05, 0) is 31.2 Å². The van der Waals surface area contributed by atoms with Crippen LogP contribution in [0.15, 0.2) is 47.7 Å². The number of imidazole rings is 1. The van der Waals surface area contributed by atoms with Crippen LogP contribution in [0.4, 0.5) is 0 Å². The van der Waals surface area contributed by atoms with Crippen molar-refractivity contribution in [3.8, 4) is 0 Å². The number of benzene rings is 1. The van der Waals surface area contributed by atoms with Crippen LogP contribution in [0, 0.1) is 0 Å². The van der Waals surface area contributed by atoms with Crippen LogP contribution in [0.25, 0.3) is 0 Å². The minimum absolute atomic E-state index is 0.125. The van der Waals surface area contributed by atoms with E-state index in [0.717, 1.165) is 63.7 Å². The fraction of sp³-hybridized carbons (Fsp3) is 0.565. The smallest absolute Gasteiger partial charge is 0.194 e. The highest BCUT2D eigenvalue weighted by atomic mass is 16.5. The quantitative estimate of drug-likeness (QED) is 0.560. The van der Waals surface area contributed by atoms with E-state index in [-0.39, 0.29) is 12.2 Å². The molecule has 1 N–H and O–H groups in total. The Hall–Kier alpha value is -2.38. The molecule has 0 bridgehead atoms. The molecule has 3 heterocycles. The van der Waals surface area contributed by atoms with Crippen molar-refractivity contribution in [1.82, 2.24) is 19.8 Å². The van der Waals surface area contributed by atoms with Crippen molar-refractivity contribution < 1.29 is 9.47 Å². The van der Waals surface area contributed by atoms with E-state index < -0.39 is 0 Å². The molecule has 7 heteroatoms. The topological polar surface area (TPSA) is 63.9 Å². The molecular weight excluding hydrogens is 378 g/mol. The lowest BCUT2D eigenvalue weighted by Gasteiger charge is -2.37. The van der Waals surface area contributed by atoms with E-state index in [1.54, 1.807) is 0 Å². The second-order valence-electron chi connectivity index (χ2n) is 7.93. The monoisotopic (exact) mass is 411 g/mol. The summed E-state index contributed by atoms with van der Waals surface area (Å²) in [5.41, 5.74) is 1.38. The third-order valence-electron chi connectivity index (χ3n) is 5.90. The molecule has 2 unspecified atom stereocenters. The van der Waals surface area contributed by atoms with Gasteiger partial charge in [0.05, 0.1) is 19.3 Å². The van der Waals surface area contributed by atoms with Crippen LogP contribution in [0.2, 0.25) is 0 Å². The number of rotatable bonds is 7. The Morgan fingerprint density at radius 3 is 2.87 bits per heavy atom. The molecule has 4 rings (SSSR count). The molecule has 2 aliphatic rings. The molecule has 30 heavy (non-hydrogen) atoms. The average molecular weight is 412 g/mol. The number of guanidine groups is 1. The number of aliphatic imine (C=N–C) groups is 1. The molecule has 0 saturated carbocycles. The first-order valence-corrected chi connectivity index (χ1v) is 11.1. The van der Waals surface area contributed by atoms with Crippen LogP contribution in [-0.4, -0.2) is 66.0 Å². The zero-order chi connectivity index (χ0) is 20.6. The maximum absolute atomic E-state index is 5.97. The zero-order valence-electron chi connectivity index (χ0n) is 17.9. The largest absolute Gasteiger partial charge is 0.375 e. The second-order valence-corrected chi connectivity index (χ2v) is 7.93. The maximum atomic E-state index is 5.97. The summed E-state index contributed by atoms with van der Waals surface area (Å²) >= 11 is 0. The van der Waals surface area contributed by atoms with Gasteiger partial charge in [0.25, 0.3) is 0 Å². The molecule has 2 atom stereocenters. The van der Waals surface area contributed by atoms with E-state index in [2.05, 4.69) is 61.3 Å². The van der Waals surface area contributed by atoms with Gasteiger partial charge in [0, 0.05) is 45.7 Å². The fourth-order valence-electron chi connectivity index (χ4n) is 4.29. The lowest BCUT2D eigenvalue weighted by Crippen LogP contribution is -2.53. The van der Waals surface area contributed by atoms with Crippen LogP contribution in [0.3, 0.4) is 0 Å². The zero-order valence-corrected chi connectivity index (χ0v) is 17.9. The summed E-state index contributed by atoms with van der Waals surface area (Å²) in [6.07, 6.45) is 8.67. The first-order valence-electron chi connectivity index (χ1n) is 11.1. The van der Waals surface area contributed by atoms with Gasteiger partial charge in [0.15, 0.2) is 5.96 Å². The van der Waals surface area contributed by atoms with Gasteiger partial charge in [-0.25, -0.2) is 4.98 Å². The van der Waals surface area contributed by atoms with E-state index in [1.807, 2.05) is 13.2 Å². The maximum Gasteiger partial charge on any atom is 0.194 e. The molecule has 0 amide bonds. The van der Waals surface area contributed by atoms with Crippen LogP contribution < -0.4 is 5.32 Å². The van der Waals surface area contributed by atoms with E-state index in [4.69, 9.17) is 9.47 Å². The number of hydrogen-bond acceptors (Lipinski definition) is 4. The number of ether oxygens (including phenoxy) is 2. The number of nitrogens with one attached hydrogen (secondary N) is 1. The Kier molecular flexibility index (Phi) is 7.37. The van der Waals surface area contributed by atoms with Gasteiger partial charge in [-0.3, -0.25) is 4.99 Å². The average Bonchev–Trinajstić information content (AvgIpc) is 3.48. The van der Waals surface area contributed by atoms with Crippen molar-refractivity contribution in [2.24, 2.45) is 4.99 Å². The van der Waals surface area contributed by atoms with Crippen LogP contribution in [0.5, 0.6) is 0 Å². The van der Waals surface area contributed by atoms with E-state index in [1.165, 1.54) is 5.56 Å². The van der Waals surface area contributed by atoms with Gasteiger partial charge in [0.2, 0.25) is 0 Å². The minimum Gasteiger partial charge on any atom is -0.375 e. The third kappa shape index (κ3) is 5.40. The Bertz CT molecular complexity index is 801. The van der Waals surface area contributed by atoms with E-state index >= 15 is 0 Å². The summed E-state index contributed by atoms with van der Waals surface area (Å²) in [5, 5.41) is 3.50. The van der Waals surface area contributed by atoms with Gasteiger partial charge in [-0.1, -0.05) is 30.3 Å². The molecule has 1 aromatic heterocycles. The van der Waals surface area contributed by atoms with Crippen molar-refractivity contribution in [2.45, 2.75) is 51.0 Å². The summed E-state index contributed by atoms with van der Waals surface area (Å²) in [4.78, 5) is 11.3. The number of hydrogen-bond donors (Lipinski definition) is 1. The Balaban J connectivity index is 1.27. The Morgan fingerprint density at radius 1 is 1.20 bits per heavy atom. The molecule has 1 aromatic carbocycles. The van der Waals surface area contributed by atoms with Gasteiger partial charge in [0.1, 0.15) is 11.9 Å². The van der Waals surface area contributed by atoms with E-state index in [9.17, 15) is 0 Å². The molecule has 2 aliphatic heterocycles. The first kappa shape index (κ1) is 20.9. The SMILES string of the molecule is CN=C(NCc1nccn1CCCc1ccccc1)N1CCOC(C2CCCO2)C1. The Morgan fingerprint density at radius 2 is 2.07 bits per heavy atom. The summed E-state index contributed by atoms with van der Waals surface area (Å²) in [6.45, 7) is 4.84. The predicted molar refractivity (Wildman–Crippen MR) is 117 cm³/mol. The number of morpholine rings is 1. The van der Waals surface area contributed by atoms with Crippen molar-refractivity contribution in [1.29, 1.82) is 0 Å². The minimum atomic E-state index is 0.125. The highest BCUT2D eigenvalue weighted by molar-refractivity contribution is 5.79.